The number of carbonyl (C=O) groups excluding carboxylic acids is 2. The van der Waals surface area contributed by atoms with E-state index >= 15 is 0 Å². The maximum absolute atomic E-state index is 13.8. The fourth-order valence-corrected chi connectivity index (χ4v) is 6.77. The molecule has 8 heteroatoms. The molecule has 2 fully saturated rings. The Labute approximate surface area is 239 Å². The predicted octanol–water partition coefficient (Wildman–Crippen LogP) is 4.54. The third-order valence-corrected chi connectivity index (χ3v) is 8.87. The van der Waals surface area contributed by atoms with Crippen molar-refractivity contribution in [3.05, 3.63) is 95.6 Å². The van der Waals surface area contributed by atoms with Crippen molar-refractivity contribution in [2.24, 2.45) is 5.92 Å². The monoisotopic (exact) mass is 553 g/mol. The number of carbonyl (C=O) groups is 3. The summed E-state index contributed by atoms with van der Waals surface area (Å²) in [6, 6.07) is 25.8. The maximum Gasteiger partial charge on any atom is 0.408 e. The number of aliphatic carboxylic acids is 1. The van der Waals surface area contributed by atoms with E-state index in [0.717, 1.165) is 34.2 Å². The Hall–Kier alpha value is -4.17. The Morgan fingerprint density at radius 1 is 0.902 bits per heavy atom. The summed E-state index contributed by atoms with van der Waals surface area (Å²) in [4.78, 5) is 41.1. The van der Waals surface area contributed by atoms with Crippen LogP contribution >= 0.6 is 0 Å². The van der Waals surface area contributed by atoms with Crippen LogP contribution < -0.4 is 10.6 Å². The van der Waals surface area contributed by atoms with E-state index in [1.54, 1.807) is 0 Å². The van der Waals surface area contributed by atoms with Crippen LogP contribution in [0.25, 0.3) is 11.1 Å². The number of nitrogens with one attached hydrogen (secondary N) is 2. The predicted molar refractivity (Wildman–Crippen MR) is 154 cm³/mol. The summed E-state index contributed by atoms with van der Waals surface area (Å²) in [5.41, 5.74) is 4.42. The zero-order chi connectivity index (χ0) is 28.4. The largest absolute Gasteiger partial charge is 0.481 e. The van der Waals surface area contributed by atoms with Crippen molar-refractivity contribution >= 4 is 18.0 Å². The van der Waals surface area contributed by atoms with Crippen LogP contribution in [0.15, 0.2) is 78.9 Å². The summed E-state index contributed by atoms with van der Waals surface area (Å²) in [6.45, 7) is 1.71. The normalized spacial score (nSPS) is 23.5. The molecule has 0 aromatic heterocycles. The van der Waals surface area contributed by atoms with E-state index in [1.807, 2.05) is 54.6 Å². The van der Waals surface area contributed by atoms with Crippen LogP contribution in [0.2, 0.25) is 0 Å². The van der Waals surface area contributed by atoms with Crippen molar-refractivity contribution in [2.45, 2.75) is 49.7 Å². The molecule has 1 heterocycles. The van der Waals surface area contributed by atoms with Gasteiger partial charge in [0.2, 0.25) is 5.91 Å². The number of carboxylic acids is 1. The van der Waals surface area contributed by atoms with Gasteiger partial charge in [0, 0.05) is 31.6 Å². The molecule has 1 unspecified atom stereocenters. The summed E-state index contributed by atoms with van der Waals surface area (Å²) < 4.78 is 5.82. The maximum atomic E-state index is 13.8. The summed E-state index contributed by atoms with van der Waals surface area (Å²) in [7, 11) is 0. The second kappa shape index (κ2) is 11.4. The standard InChI is InChI=1S/C33H35N3O5/c37-30(38)27-15-8-16-29(27)34-31(39)33(17-18-36(21-33)19-22-9-2-1-3-10-22)35-32(40)41-20-28-25-13-6-4-11-23(25)24-12-5-7-14-26(24)28/h1-7,9-14,27-29H,8,15-21H2,(H,34,39)(H,35,40)(H,37,38)/t27-,29+,33?/m0/s1. The van der Waals surface area contributed by atoms with Gasteiger partial charge in [-0.2, -0.15) is 0 Å². The summed E-state index contributed by atoms with van der Waals surface area (Å²) >= 11 is 0. The minimum atomic E-state index is -1.22. The number of ether oxygens (including phenoxy) is 1. The van der Waals surface area contributed by atoms with Crippen LogP contribution in [0.1, 0.15) is 48.3 Å². The van der Waals surface area contributed by atoms with Crippen LogP contribution in [0, 0.1) is 5.92 Å². The van der Waals surface area contributed by atoms with Crippen LogP contribution in [0.4, 0.5) is 4.79 Å². The van der Waals surface area contributed by atoms with Gasteiger partial charge < -0.3 is 20.5 Å². The molecule has 0 bridgehead atoms. The third kappa shape index (κ3) is 5.44. The second-order valence-corrected chi connectivity index (χ2v) is 11.4. The van der Waals surface area contributed by atoms with Gasteiger partial charge in [0.1, 0.15) is 12.1 Å². The Morgan fingerprint density at radius 2 is 1.56 bits per heavy atom. The molecule has 3 aromatic carbocycles. The summed E-state index contributed by atoms with van der Waals surface area (Å²) in [5, 5.41) is 15.6. The summed E-state index contributed by atoms with van der Waals surface area (Å²) in [6.07, 6.45) is 1.64. The number of nitrogens with zero attached hydrogens (tertiary/aromatic N) is 1. The van der Waals surface area contributed by atoms with Gasteiger partial charge in [0.25, 0.3) is 0 Å². The first-order chi connectivity index (χ1) is 19.9. The number of alkyl carbamates (subject to hydrolysis) is 1. The fourth-order valence-electron chi connectivity index (χ4n) is 6.77. The lowest BCUT2D eigenvalue weighted by molar-refractivity contribution is -0.142. The Balaban J connectivity index is 1.18. The molecule has 41 heavy (non-hydrogen) atoms. The zero-order valence-electron chi connectivity index (χ0n) is 22.9. The minimum Gasteiger partial charge on any atom is -0.481 e. The number of amides is 2. The first-order valence-electron chi connectivity index (χ1n) is 14.4. The van der Waals surface area contributed by atoms with Crippen molar-refractivity contribution in [1.82, 2.24) is 15.5 Å². The van der Waals surface area contributed by atoms with E-state index in [4.69, 9.17) is 4.74 Å². The van der Waals surface area contributed by atoms with Crippen LogP contribution in [0.3, 0.4) is 0 Å². The average molecular weight is 554 g/mol. The molecule has 2 aliphatic carbocycles. The molecule has 6 rings (SSSR count). The molecule has 3 atom stereocenters. The molecule has 1 aliphatic heterocycles. The van der Waals surface area contributed by atoms with Crippen molar-refractivity contribution in [3.8, 4) is 11.1 Å². The number of likely N-dealkylation sites (tertiary alicyclic amines) is 1. The molecule has 0 radical (unpaired) electrons. The fraction of sp³-hybridized carbons (Fsp3) is 0.364. The lowest BCUT2D eigenvalue weighted by Crippen LogP contribution is -2.62. The molecular formula is C33H35N3O5. The van der Waals surface area contributed by atoms with E-state index in [9.17, 15) is 19.5 Å². The van der Waals surface area contributed by atoms with E-state index in [0.29, 0.717) is 38.9 Å². The molecular weight excluding hydrogens is 518 g/mol. The number of carboxylic acid groups (broad SMARTS) is 1. The van der Waals surface area contributed by atoms with E-state index < -0.39 is 29.6 Å². The van der Waals surface area contributed by atoms with Gasteiger partial charge in [-0.05, 0) is 47.1 Å². The lowest BCUT2D eigenvalue weighted by atomic mass is 9.95. The number of benzene rings is 3. The lowest BCUT2D eigenvalue weighted by Gasteiger charge is -2.31. The summed E-state index contributed by atoms with van der Waals surface area (Å²) in [5.74, 6) is -1.96. The SMILES string of the molecule is O=C(NC1(C(=O)N[C@@H]2CCC[C@@H]2C(=O)O)CCN(Cc2ccccc2)C1)OCC1c2ccccc2-c2ccccc21. The van der Waals surface area contributed by atoms with E-state index in [-0.39, 0.29) is 18.4 Å². The number of rotatable bonds is 8. The highest BCUT2D eigenvalue weighted by atomic mass is 16.5. The second-order valence-electron chi connectivity index (χ2n) is 11.4. The smallest absolute Gasteiger partial charge is 0.408 e. The Morgan fingerprint density at radius 3 is 2.24 bits per heavy atom. The van der Waals surface area contributed by atoms with Gasteiger partial charge in [0.15, 0.2) is 0 Å². The first kappa shape index (κ1) is 27.0. The van der Waals surface area contributed by atoms with Crippen LogP contribution in [-0.4, -0.2) is 59.3 Å². The van der Waals surface area contributed by atoms with Crippen LogP contribution in [0.5, 0.6) is 0 Å². The molecule has 8 nitrogen and oxygen atoms in total. The Kier molecular flexibility index (Phi) is 7.49. The van der Waals surface area contributed by atoms with Crippen molar-refractivity contribution in [2.75, 3.05) is 19.7 Å². The van der Waals surface area contributed by atoms with Gasteiger partial charge >= 0.3 is 12.1 Å². The molecule has 1 saturated carbocycles. The van der Waals surface area contributed by atoms with Gasteiger partial charge in [-0.15, -0.1) is 0 Å². The van der Waals surface area contributed by atoms with Gasteiger partial charge in [-0.25, -0.2) is 4.79 Å². The quantitative estimate of drug-likeness (QED) is 0.378. The molecule has 212 valence electrons. The van der Waals surface area contributed by atoms with Crippen molar-refractivity contribution < 1.29 is 24.2 Å². The molecule has 1 saturated heterocycles. The highest BCUT2D eigenvalue weighted by molar-refractivity contribution is 5.91. The third-order valence-electron chi connectivity index (χ3n) is 8.87. The van der Waals surface area contributed by atoms with Gasteiger partial charge in [-0.1, -0.05) is 85.3 Å². The van der Waals surface area contributed by atoms with Gasteiger partial charge in [0.05, 0.1) is 5.92 Å². The van der Waals surface area contributed by atoms with Crippen molar-refractivity contribution in [3.63, 3.8) is 0 Å². The zero-order valence-corrected chi connectivity index (χ0v) is 22.9. The molecule has 0 spiro atoms. The van der Waals surface area contributed by atoms with E-state index in [2.05, 4.69) is 39.8 Å². The van der Waals surface area contributed by atoms with Crippen LogP contribution in [-0.2, 0) is 20.9 Å². The average Bonchev–Trinajstić information content (AvgIpc) is 3.69. The molecule has 3 N–H and O–H groups in total. The minimum absolute atomic E-state index is 0.0918. The number of hydrogen-bond donors (Lipinski definition) is 3. The Bertz CT molecular complexity index is 1400. The van der Waals surface area contributed by atoms with Gasteiger partial charge in [-0.3, -0.25) is 14.5 Å². The molecule has 2 amide bonds. The highest BCUT2D eigenvalue weighted by Crippen LogP contribution is 2.44. The topological polar surface area (TPSA) is 108 Å². The number of hydrogen-bond acceptors (Lipinski definition) is 5. The number of fused-ring (bicyclic) bond motifs is 3. The molecule has 3 aromatic rings. The molecule has 3 aliphatic rings. The van der Waals surface area contributed by atoms with Crippen molar-refractivity contribution in [1.29, 1.82) is 0 Å². The van der Waals surface area contributed by atoms with E-state index in [1.165, 1.54) is 0 Å². The highest BCUT2D eigenvalue weighted by Gasteiger charge is 2.48. The first-order valence-corrected chi connectivity index (χ1v) is 14.4.